The van der Waals surface area contributed by atoms with Crippen molar-refractivity contribution < 1.29 is 14.0 Å². The Balaban J connectivity index is 1.36. The van der Waals surface area contributed by atoms with Crippen LogP contribution in [-0.4, -0.2) is 34.0 Å². The molecule has 1 aliphatic heterocycles. The summed E-state index contributed by atoms with van der Waals surface area (Å²) in [6.07, 6.45) is 3.05. The Hall–Kier alpha value is -3.45. The largest absolute Gasteiger partial charge is 0.461 e. The number of ketones is 1. The second kappa shape index (κ2) is 8.35. The van der Waals surface area contributed by atoms with Gasteiger partial charge >= 0.3 is 0 Å². The molecule has 0 radical (unpaired) electrons. The van der Waals surface area contributed by atoms with Crippen molar-refractivity contribution in [3.63, 3.8) is 0 Å². The molecule has 0 N–H and O–H groups in total. The molecule has 0 spiro atoms. The average molecular weight is 430 g/mol. The minimum atomic E-state index is 0.00606. The Kier molecular flexibility index (Phi) is 5.26. The molecule has 0 aliphatic carbocycles. The van der Waals surface area contributed by atoms with Crippen LogP contribution in [0.2, 0.25) is 0 Å². The van der Waals surface area contributed by atoms with Crippen LogP contribution >= 0.6 is 11.8 Å². The zero-order chi connectivity index (χ0) is 21.2. The fourth-order valence-corrected chi connectivity index (χ4v) is 4.55. The normalized spacial score (nSPS) is 13.8. The molecule has 3 heterocycles. The van der Waals surface area contributed by atoms with Crippen LogP contribution < -0.4 is 4.90 Å². The van der Waals surface area contributed by atoms with Gasteiger partial charge in [0.1, 0.15) is 5.03 Å². The summed E-state index contributed by atoms with van der Waals surface area (Å²) in [5, 5.41) is 1.64. The number of furan rings is 1. The first-order valence-corrected chi connectivity index (χ1v) is 11.0. The Bertz CT molecular complexity index is 1250. The summed E-state index contributed by atoms with van der Waals surface area (Å²) in [5.74, 6) is 1.48. The lowest BCUT2D eigenvalue weighted by molar-refractivity contribution is -0.117. The fourth-order valence-electron chi connectivity index (χ4n) is 3.64. The molecule has 1 saturated heterocycles. The van der Waals surface area contributed by atoms with E-state index in [2.05, 4.69) is 9.97 Å². The average Bonchev–Trinajstić information content (AvgIpc) is 3.49. The number of anilines is 1. The number of para-hydroxylation sites is 1. The van der Waals surface area contributed by atoms with Crippen molar-refractivity contribution in [3.8, 4) is 11.6 Å². The van der Waals surface area contributed by atoms with Crippen molar-refractivity contribution >= 4 is 40.0 Å². The highest BCUT2D eigenvalue weighted by Gasteiger charge is 2.22. The maximum atomic E-state index is 12.8. The summed E-state index contributed by atoms with van der Waals surface area (Å²) in [6, 6.07) is 18.6. The minimum Gasteiger partial charge on any atom is -0.461 e. The lowest BCUT2D eigenvalue weighted by atomic mass is 10.1. The van der Waals surface area contributed by atoms with Gasteiger partial charge in [-0.25, -0.2) is 9.97 Å². The molecule has 1 aliphatic rings. The van der Waals surface area contributed by atoms with Gasteiger partial charge in [0.05, 0.1) is 17.5 Å². The van der Waals surface area contributed by atoms with Crippen LogP contribution in [0.4, 0.5) is 5.69 Å². The van der Waals surface area contributed by atoms with E-state index < -0.39 is 0 Å². The highest BCUT2D eigenvalue weighted by Crippen LogP contribution is 2.29. The van der Waals surface area contributed by atoms with Crippen LogP contribution in [-0.2, 0) is 4.79 Å². The fraction of sp³-hybridized carbons (Fsp3) is 0.167. The molecule has 6 nitrogen and oxygen atoms in total. The van der Waals surface area contributed by atoms with E-state index in [1.54, 1.807) is 29.4 Å². The van der Waals surface area contributed by atoms with Crippen LogP contribution in [0.1, 0.15) is 23.2 Å². The number of hydrogen-bond acceptors (Lipinski definition) is 6. The zero-order valence-electron chi connectivity index (χ0n) is 16.7. The highest BCUT2D eigenvalue weighted by molar-refractivity contribution is 8.00. The van der Waals surface area contributed by atoms with Crippen molar-refractivity contribution in [2.45, 2.75) is 17.9 Å². The van der Waals surface area contributed by atoms with Crippen LogP contribution in [0.3, 0.4) is 0 Å². The van der Waals surface area contributed by atoms with E-state index in [9.17, 15) is 9.59 Å². The van der Waals surface area contributed by atoms with E-state index in [-0.39, 0.29) is 17.4 Å². The number of thioether (sulfide) groups is 1. The number of rotatable bonds is 6. The number of aromatic nitrogens is 2. The molecule has 0 unspecified atom stereocenters. The molecule has 0 saturated carbocycles. The second-order valence-corrected chi connectivity index (χ2v) is 8.22. The van der Waals surface area contributed by atoms with Crippen molar-refractivity contribution in [3.05, 3.63) is 72.5 Å². The second-order valence-electron chi connectivity index (χ2n) is 7.25. The number of nitrogens with zero attached hydrogens (tertiary/aromatic N) is 3. The van der Waals surface area contributed by atoms with E-state index in [1.165, 1.54) is 11.8 Å². The summed E-state index contributed by atoms with van der Waals surface area (Å²) in [6.45, 7) is 0.737. The van der Waals surface area contributed by atoms with Gasteiger partial charge in [-0.05, 0) is 48.9 Å². The Morgan fingerprint density at radius 1 is 1.03 bits per heavy atom. The Morgan fingerprint density at radius 3 is 2.61 bits per heavy atom. The smallest absolute Gasteiger partial charge is 0.227 e. The van der Waals surface area contributed by atoms with Gasteiger partial charge in [-0.2, -0.15) is 0 Å². The third-order valence-corrected chi connectivity index (χ3v) is 6.22. The molecule has 7 heteroatoms. The van der Waals surface area contributed by atoms with Crippen LogP contribution in [0.25, 0.3) is 22.5 Å². The standard InChI is InChI=1S/C24H19N3O3S/c28-20(16-9-11-17(12-10-16)27-13-3-8-22(27)29)15-31-24-18-5-1-2-6-19(18)25-23(26-24)21-7-4-14-30-21/h1-2,4-7,9-12,14H,3,8,13,15H2. The first-order valence-electron chi connectivity index (χ1n) is 10.1. The number of Topliss-reactive ketones (excluding diaryl/α,β-unsaturated/α-hetero) is 1. The minimum absolute atomic E-state index is 0.00606. The Morgan fingerprint density at radius 2 is 1.87 bits per heavy atom. The van der Waals surface area contributed by atoms with Gasteiger partial charge in [-0.15, -0.1) is 0 Å². The molecular formula is C24H19N3O3S. The van der Waals surface area contributed by atoms with E-state index in [0.717, 1.165) is 34.6 Å². The summed E-state index contributed by atoms with van der Waals surface area (Å²) < 4.78 is 5.45. The molecule has 2 aromatic carbocycles. The summed E-state index contributed by atoms with van der Waals surface area (Å²) in [4.78, 5) is 35.7. The van der Waals surface area contributed by atoms with Crippen molar-refractivity contribution in [2.24, 2.45) is 0 Å². The molecule has 0 bridgehead atoms. The zero-order valence-corrected chi connectivity index (χ0v) is 17.5. The molecule has 1 amide bonds. The van der Waals surface area contributed by atoms with Crippen molar-refractivity contribution in [1.82, 2.24) is 9.97 Å². The van der Waals surface area contributed by atoms with Crippen molar-refractivity contribution in [2.75, 3.05) is 17.2 Å². The predicted octanol–water partition coefficient (Wildman–Crippen LogP) is 4.99. The maximum Gasteiger partial charge on any atom is 0.227 e. The summed E-state index contributed by atoms with van der Waals surface area (Å²) in [7, 11) is 0. The van der Waals surface area contributed by atoms with Crippen molar-refractivity contribution in [1.29, 1.82) is 0 Å². The first-order chi connectivity index (χ1) is 15.2. The van der Waals surface area contributed by atoms with Crippen LogP contribution in [0, 0.1) is 0 Å². The predicted molar refractivity (Wildman–Crippen MR) is 120 cm³/mol. The molecule has 0 atom stereocenters. The van der Waals surface area contributed by atoms with Gasteiger partial charge in [0.15, 0.2) is 17.4 Å². The van der Waals surface area contributed by atoms with E-state index in [1.807, 2.05) is 42.5 Å². The van der Waals surface area contributed by atoms with E-state index in [0.29, 0.717) is 23.6 Å². The van der Waals surface area contributed by atoms with Gasteiger partial charge in [-0.3, -0.25) is 9.59 Å². The quantitative estimate of drug-likeness (QED) is 0.244. The maximum absolute atomic E-state index is 12.8. The monoisotopic (exact) mass is 429 g/mol. The highest BCUT2D eigenvalue weighted by atomic mass is 32.2. The van der Waals surface area contributed by atoms with Gasteiger partial charge in [-0.1, -0.05) is 30.0 Å². The molecular weight excluding hydrogens is 410 g/mol. The lowest BCUT2D eigenvalue weighted by Crippen LogP contribution is -2.23. The number of hydrogen-bond donors (Lipinski definition) is 0. The van der Waals surface area contributed by atoms with E-state index in [4.69, 9.17) is 4.42 Å². The van der Waals surface area contributed by atoms with Crippen LogP contribution in [0.5, 0.6) is 0 Å². The summed E-state index contributed by atoms with van der Waals surface area (Å²) in [5.41, 5.74) is 2.27. The van der Waals surface area contributed by atoms with Gasteiger partial charge in [0.25, 0.3) is 0 Å². The number of benzene rings is 2. The van der Waals surface area contributed by atoms with Gasteiger partial charge in [0.2, 0.25) is 5.91 Å². The molecule has 31 heavy (non-hydrogen) atoms. The number of amides is 1. The number of carbonyl (C=O) groups excluding carboxylic acids is 2. The van der Waals surface area contributed by atoms with E-state index >= 15 is 0 Å². The topological polar surface area (TPSA) is 76.3 Å². The van der Waals surface area contributed by atoms with Gasteiger partial charge < -0.3 is 9.32 Å². The SMILES string of the molecule is O=C(CSc1nc(-c2ccco2)nc2ccccc12)c1ccc(N2CCCC2=O)cc1. The molecule has 5 rings (SSSR count). The molecule has 154 valence electrons. The third kappa shape index (κ3) is 3.96. The molecule has 4 aromatic rings. The molecule has 1 fully saturated rings. The first kappa shape index (κ1) is 19.5. The Labute approximate surface area is 183 Å². The third-order valence-electron chi connectivity index (χ3n) is 5.22. The molecule has 2 aromatic heterocycles. The van der Waals surface area contributed by atoms with Crippen LogP contribution in [0.15, 0.2) is 76.4 Å². The number of carbonyl (C=O) groups is 2. The van der Waals surface area contributed by atoms with Gasteiger partial charge in [0, 0.05) is 29.6 Å². The summed E-state index contributed by atoms with van der Waals surface area (Å²) >= 11 is 1.39. The number of fused-ring (bicyclic) bond motifs is 1. The lowest BCUT2D eigenvalue weighted by Gasteiger charge is -2.15.